The molecule has 3 aromatic heterocycles. The number of imidazole rings is 1. The van der Waals surface area contributed by atoms with E-state index < -0.39 is 0 Å². The normalized spacial score (nSPS) is 12.8. The minimum atomic E-state index is -0.0150. The van der Waals surface area contributed by atoms with E-state index in [2.05, 4.69) is 25.3 Å². The molecule has 0 aliphatic heterocycles. The molecule has 4 aromatic rings. The topological polar surface area (TPSA) is 79.6 Å². The second kappa shape index (κ2) is 4.59. The van der Waals surface area contributed by atoms with Crippen LogP contribution in [-0.4, -0.2) is 19.9 Å². The summed E-state index contributed by atoms with van der Waals surface area (Å²) >= 11 is 0. The first-order valence-corrected chi connectivity index (χ1v) is 6.70. The molecule has 6 heteroatoms. The number of fused-ring (bicyclic) bond motifs is 2. The van der Waals surface area contributed by atoms with Crippen molar-refractivity contribution < 1.29 is 4.42 Å². The zero-order valence-electron chi connectivity index (χ0n) is 11.4. The molecular weight excluding hydrogens is 266 g/mol. The van der Waals surface area contributed by atoms with Crippen LogP contribution in [0.25, 0.3) is 22.1 Å². The lowest BCUT2D eigenvalue weighted by Crippen LogP contribution is -2.07. The number of para-hydroxylation sites is 1. The van der Waals surface area contributed by atoms with E-state index in [1.54, 1.807) is 6.33 Å². The van der Waals surface area contributed by atoms with Crippen molar-refractivity contribution in [3.63, 3.8) is 0 Å². The first kappa shape index (κ1) is 11.9. The van der Waals surface area contributed by atoms with Crippen LogP contribution >= 0.6 is 0 Å². The molecule has 3 heterocycles. The Bertz CT molecular complexity index is 877. The van der Waals surface area contributed by atoms with Crippen molar-refractivity contribution in [3.8, 4) is 0 Å². The summed E-state index contributed by atoms with van der Waals surface area (Å²) in [5.41, 5.74) is 2.32. The van der Waals surface area contributed by atoms with E-state index >= 15 is 0 Å². The second-order valence-corrected chi connectivity index (χ2v) is 4.88. The lowest BCUT2D eigenvalue weighted by Gasteiger charge is -2.11. The van der Waals surface area contributed by atoms with E-state index in [0.29, 0.717) is 11.5 Å². The van der Waals surface area contributed by atoms with Crippen molar-refractivity contribution in [2.24, 2.45) is 0 Å². The highest BCUT2D eigenvalue weighted by molar-refractivity contribution is 5.82. The molecule has 21 heavy (non-hydrogen) atoms. The molecule has 4 rings (SSSR count). The maximum Gasteiger partial charge on any atom is 0.182 e. The van der Waals surface area contributed by atoms with E-state index in [1.807, 2.05) is 37.3 Å². The van der Waals surface area contributed by atoms with Gasteiger partial charge in [-0.15, -0.1) is 0 Å². The Morgan fingerprint density at radius 2 is 2.10 bits per heavy atom. The highest BCUT2D eigenvalue weighted by atomic mass is 16.3. The molecule has 1 aromatic carbocycles. The zero-order chi connectivity index (χ0) is 14.2. The number of H-pyrrole nitrogens is 1. The van der Waals surface area contributed by atoms with Gasteiger partial charge < -0.3 is 14.7 Å². The quantitative estimate of drug-likeness (QED) is 0.601. The van der Waals surface area contributed by atoms with Crippen LogP contribution in [0.1, 0.15) is 18.7 Å². The average molecular weight is 279 g/mol. The largest absolute Gasteiger partial charge is 0.459 e. The van der Waals surface area contributed by atoms with Crippen LogP contribution in [0.5, 0.6) is 0 Å². The molecule has 0 fully saturated rings. The van der Waals surface area contributed by atoms with Gasteiger partial charge in [-0.05, 0) is 19.1 Å². The predicted octanol–water partition coefficient (Wildman–Crippen LogP) is 3.27. The Hall–Kier alpha value is -2.89. The molecule has 0 aliphatic carbocycles. The van der Waals surface area contributed by atoms with Crippen molar-refractivity contribution in [1.29, 1.82) is 0 Å². The molecule has 0 spiro atoms. The molecule has 104 valence electrons. The average Bonchev–Trinajstić information content (AvgIpc) is 3.14. The molecule has 1 atom stereocenters. The number of nitrogens with zero attached hydrogens (tertiary/aromatic N) is 3. The van der Waals surface area contributed by atoms with Gasteiger partial charge in [0.1, 0.15) is 23.2 Å². The van der Waals surface area contributed by atoms with E-state index in [1.165, 1.54) is 6.33 Å². The summed E-state index contributed by atoms with van der Waals surface area (Å²) in [5, 5.41) is 4.43. The van der Waals surface area contributed by atoms with Crippen molar-refractivity contribution in [2.45, 2.75) is 13.0 Å². The Balaban J connectivity index is 1.68. The molecule has 0 amide bonds. The summed E-state index contributed by atoms with van der Waals surface area (Å²) in [6, 6.07) is 9.98. The molecular formula is C15H13N5O. The number of furan rings is 1. The molecule has 6 nitrogen and oxygen atoms in total. The van der Waals surface area contributed by atoms with Gasteiger partial charge in [0.2, 0.25) is 0 Å². The first-order valence-electron chi connectivity index (χ1n) is 6.70. The minimum Gasteiger partial charge on any atom is -0.459 e. The SMILES string of the molecule is C[C@@H](Nc1ncnc2nc[nH]c12)c1cc2ccccc2o1. The highest BCUT2D eigenvalue weighted by Crippen LogP contribution is 2.27. The number of aromatic nitrogens is 4. The summed E-state index contributed by atoms with van der Waals surface area (Å²) < 4.78 is 5.86. The van der Waals surface area contributed by atoms with Crippen LogP contribution in [-0.2, 0) is 0 Å². The van der Waals surface area contributed by atoms with Crippen molar-refractivity contribution in [3.05, 3.63) is 48.7 Å². The number of anilines is 1. The predicted molar refractivity (Wildman–Crippen MR) is 79.9 cm³/mol. The van der Waals surface area contributed by atoms with Gasteiger partial charge in [0, 0.05) is 5.39 Å². The molecule has 0 radical (unpaired) electrons. The maximum absolute atomic E-state index is 5.86. The Kier molecular flexibility index (Phi) is 2.60. The van der Waals surface area contributed by atoms with Gasteiger partial charge in [0.15, 0.2) is 11.5 Å². The second-order valence-electron chi connectivity index (χ2n) is 4.88. The summed E-state index contributed by atoms with van der Waals surface area (Å²) in [5.74, 6) is 1.58. The summed E-state index contributed by atoms with van der Waals surface area (Å²) in [4.78, 5) is 15.5. The standard InChI is InChI=1S/C15H13N5O/c1-9(12-6-10-4-2-3-5-11(10)21-12)20-15-13-14(17-7-16-13)18-8-19-15/h2-9H,1H3,(H2,16,17,18,19,20)/t9-/m1/s1. The van der Waals surface area contributed by atoms with E-state index in [4.69, 9.17) is 4.42 Å². The van der Waals surface area contributed by atoms with Gasteiger partial charge >= 0.3 is 0 Å². The van der Waals surface area contributed by atoms with Gasteiger partial charge in [0.25, 0.3) is 0 Å². The summed E-state index contributed by atoms with van der Waals surface area (Å²) in [6.45, 7) is 2.03. The van der Waals surface area contributed by atoms with Crippen molar-refractivity contribution in [1.82, 2.24) is 19.9 Å². The molecule has 0 bridgehead atoms. The fourth-order valence-corrected chi connectivity index (χ4v) is 2.37. The van der Waals surface area contributed by atoms with Crippen LogP contribution in [0.3, 0.4) is 0 Å². The fourth-order valence-electron chi connectivity index (χ4n) is 2.37. The van der Waals surface area contributed by atoms with Crippen LogP contribution in [0.15, 0.2) is 47.4 Å². The lowest BCUT2D eigenvalue weighted by atomic mass is 10.2. The number of aromatic amines is 1. The number of hydrogen-bond donors (Lipinski definition) is 2. The number of benzene rings is 1. The van der Waals surface area contributed by atoms with E-state index in [9.17, 15) is 0 Å². The van der Waals surface area contributed by atoms with Gasteiger partial charge in [-0.25, -0.2) is 15.0 Å². The van der Waals surface area contributed by atoms with Crippen molar-refractivity contribution >= 4 is 28.0 Å². The molecule has 0 saturated carbocycles. The number of hydrogen-bond acceptors (Lipinski definition) is 5. The minimum absolute atomic E-state index is 0.0150. The van der Waals surface area contributed by atoms with Gasteiger partial charge in [-0.3, -0.25) is 0 Å². The molecule has 2 N–H and O–H groups in total. The smallest absolute Gasteiger partial charge is 0.182 e. The van der Waals surface area contributed by atoms with E-state index in [0.717, 1.165) is 22.2 Å². The maximum atomic E-state index is 5.86. The molecule has 0 saturated heterocycles. The van der Waals surface area contributed by atoms with Crippen LogP contribution in [0.4, 0.5) is 5.82 Å². The van der Waals surface area contributed by atoms with Crippen LogP contribution < -0.4 is 5.32 Å². The molecule has 0 aliphatic rings. The Morgan fingerprint density at radius 1 is 1.19 bits per heavy atom. The summed E-state index contributed by atoms with van der Waals surface area (Å²) in [6.07, 6.45) is 3.10. The first-order chi connectivity index (χ1) is 10.3. The van der Waals surface area contributed by atoms with E-state index in [-0.39, 0.29) is 6.04 Å². The number of rotatable bonds is 3. The third-order valence-electron chi connectivity index (χ3n) is 3.45. The highest BCUT2D eigenvalue weighted by Gasteiger charge is 2.14. The van der Waals surface area contributed by atoms with Gasteiger partial charge in [0.05, 0.1) is 12.4 Å². The van der Waals surface area contributed by atoms with Gasteiger partial charge in [-0.2, -0.15) is 0 Å². The number of nitrogens with one attached hydrogen (secondary N) is 2. The third-order valence-corrected chi connectivity index (χ3v) is 3.45. The zero-order valence-corrected chi connectivity index (χ0v) is 11.4. The van der Waals surface area contributed by atoms with Crippen molar-refractivity contribution in [2.75, 3.05) is 5.32 Å². The van der Waals surface area contributed by atoms with Gasteiger partial charge in [-0.1, -0.05) is 18.2 Å². The molecule has 0 unspecified atom stereocenters. The lowest BCUT2D eigenvalue weighted by molar-refractivity contribution is 0.526. The summed E-state index contributed by atoms with van der Waals surface area (Å²) in [7, 11) is 0. The van der Waals surface area contributed by atoms with Crippen LogP contribution in [0.2, 0.25) is 0 Å². The Labute approximate surface area is 120 Å². The Morgan fingerprint density at radius 3 is 3.00 bits per heavy atom. The fraction of sp³-hybridized carbons (Fsp3) is 0.133. The monoisotopic (exact) mass is 279 g/mol. The third kappa shape index (κ3) is 2.01. The van der Waals surface area contributed by atoms with Crippen LogP contribution in [0, 0.1) is 0 Å².